The molecule has 0 fully saturated rings. The zero-order valence-electron chi connectivity index (χ0n) is 20.6. The van der Waals surface area contributed by atoms with Crippen LogP contribution in [0, 0.1) is 0 Å². The molecule has 0 aromatic heterocycles. The summed E-state index contributed by atoms with van der Waals surface area (Å²) in [5.41, 5.74) is 0. The van der Waals surface area contributed by atoms with E-state index in [1.165, 1.54) is 116 Å². The molecule has 0 saturated heterocycles. The summed E-state index contributed by atoms with van der Waals surface area (Å²) in [5, 5.41) is 0. The number of unbranched alkanes of at least 4 members (excludes halogenated alkanes) is 14. The first-order valence-corrected chi connectivity index (χ1v) is 13.5. The van der Waals surface area contributed by atoms with Crippen LogP contribution in [-0.4, -0.2) is 30.3 Å². The van der Waals surface area contributed by atoms with E-state index in [9.17, 15) is 4.79 Å². The summed E-state index contributed by atoms with van der Waals surface area (Å²) < 4.78 is 0. The Morgan fingerprint density at radius 1 is 0.448 bits per heavy atom. The summed E-state index contributed by atoms with van der Waals surface area (Å²) >= 11 is 0. The van der Waals surface area contributed by atoms with Gasteiger partial charge in [-0.2, -0.15) is 0 Å². The lowest BCUT2D eigenvalue weighted by Gasteiger charge is -2.20. The molecule has 0 amide bonds. The molecule has 0 rings (SSSR count). The molecule has 2 nitrogen and oxygen atoms in total. The normalized spacial score (nSPS) is 11.4. The zero-order valence-corrected chi connectivity index (χ0v) is 20.6. The summed E-state index contributed by atoms with van der Waals surface area (Å²) in [6.07, 6.45) is 25.9. The van der Waals surface area contributed by atoms with E-state index in [1.807, 2.05) is 0 Å². The van der Waals surface area contributed by atoms with Crippen LogP contribution < -0.4 is 0 Å². The second-order valence-electron chi connectivity index (χ2n) is 9.18. The first kappa shape index (κ1) is 28.6. The van der Waals surface area contributed by atoms with E-state index in [0.29, 0.717) is 5.78 Å². The van der Waals surface area contributed by atoms with Crippen molar-refractivity contribution in [1.82, 2.24) is 4.90 Å². The van der Waals surface area contributed by atoms with Crippen molar-refractivity contribution in [2.45, 2.75) is 149 Å². The van der Waals surface area contributed by atoms with Crippen molar-refractivity contribution in [3.63, 3.8) is 0 Å². The Morgan fingerprint density at radius 2 is 0.828 bits per heavy atom. The molecule has 0 aliphatic heterocycles. The molecule has 0 heterocycles. The van der Waals surface area contributed by atoms with Crippen LogP contribution in [0.5, 0.6) is 0 Å². The van der Waals surface area contributed by atoms with Crippen LogP contribution in [0.25, 0.3) is 0 Å². The fourth-order valence-electron chi connectivity index (χ4n) is 4.29. The van der Waals surface area contributed by atoms with E-state index < -0.39 is 0 Å². The van der Waals surface area contributed by atoms with Gasteiger partial charge in [0.25, 0.3) is 0 Å². The van der Waals surface area contributed by atoms with Crippen LogP contribution in [0.3, 0.4) is 0 Å². The quantitative estimate of drug-likeness (QED) is 0.148. The Hall–Kier alpha value is -0.370. The average molecular weight is 410 g/mol. The van der Waals surface area contributed by atoms with E-state index in [1.54, 1.807) is 0 Å². The van der Waals surface area contributed by atoms with Crippen molar-refractivity contribution < 1.29 is 4.79 Å². The van der Waals surface area contributed by atoms with Gasteiger partial charge in [0, 0.05) is 12.8 Å². The number of carbonyl (C=O) groups excluding carboxylic acids is 1. The standard InChI is InChI=1S/C27H55NO/c1-4-7-8-9-10-11-12-13-14-15-16-17-18-19-20-22-27(29)23-21-26-28(24-5-2)25-6-3/h4-26H2,1-3H3. The fraction of sp³-hybridized carbons (Fsp3) is 0.963. The van der Waals surface area contributed by atoms with Gasteiger partial charge < -0.3 is 4.90 Å². The summed E-state index contributed by atoms with van der Waals surface area (Å²) in [5.74, 6) is 0.493. The molecule has 0 aromatic rings. The maximum absolute atomic E-state index is 12.1. The van der Waals surface area contributed by atoms with Crippen molar-refractivity contribution in [3.8, 4) is 0 Å². The van der Waals surface area contributed by atoms with E-state index in [4.69, 9.17) is 0 Å². The third kappa shape index (κ3) is 22.1. The van der Waals surface area contributed by atoms with Gasteiger partial charge in [-0.1, -0.05) is 111 Å². The summed E-state index contributed by atoms with van der Waals surface area (Å²) in [7, 11) is 0. The lowest BCUT2D eigenvalue weighted by Crippen LogP contribution is -2.26. The van der Waals surface area contributed by atoms with Crippen molar-refractivity contribution >= 4 is 5.78 Å². The van der Waals surface area contributed by atoms with Gasteiger partial charge >= 0.3 is 0 Å². The highest BCUT2D eigenvalue weighted by molar-refractivity contribution is 5.78. The SMILES string of the molecule is CCCCCCCCCCCCCCCCCC(=O)CCCN(CCC)CCC. The van der Waals surface area contributed by atoms with Crippen molar-refractivity contribution in [1.29, 1.82) is 0 Å². The number of rotatable bonds is 24. The maximum Gasteiger partial charge on any atom is 0.132 e. The zero-order chi connectivity index (χ0) is 21.4. The van der Waals surface area contributed by atoms with Crippen LogP contribution >= 0.6 is 0 Å². The number of ketones is 1. The molecular formula is C27H55NO. The number of carbonyl (C=O) groups is 1. The first-order valence-electron chi connectivity index (χ1n) is 13.5. The van der Waals surface area contributed by atoms with Gasteiger partial charge in [-0.3, -0.25) is 4.79 Å². The molecule has 2 heteroatoms. The Kier molecular flexibility index (Phi) is 23.6. The minimum absolute atomic E-state index is 0.493. The Morgan fingerprint density at radius 3 is 1.24 bits per heavy atom. The number of hydrogen-bond donors (Lipinski definition) is 0. The Bertz CT molecular complexity index is 322. The van der Waals surface area contributed by atoms with Crippen LogP contribution in [0.1, 0.15) is 149 Å². The summed E-state index contributed by atoms with van der Waals surface area (Å²) in [6.45, 7) is 10.2. The minimum Gasteiger partial charge on any atom is -0.303 e. The summed E-state index contributed by atoms with van der Waals surface area (Å²) in [4.78, 5) is 14.6. The Balaban J connectivity index is 3.28. The predicted molar refractivity (Wildman–Crippen MR) is 131 cm³/mol. The molecule has 0 unspecified atom stereocenters. The minimum atomic E-state index is 0.493. The van der Waals surface area contributed by atoms with E-state index in [0.717, 1.165) is 32.2 Å². The molecule has 0 N–H and O–H groups in total. The first-order chi connectivity index (χ1) is 14.2. The smallest absolute Gasteiger partial charge is 0.132 e. The highest BCUT2D eigenvalue weighted by Gasteiger charge is 2.05. The fourth-order valence-corrected chi connectivity index (χ4v) is 4.29. The van der Waals surface area contributed by atoms with Crippen LogP contribution in [0.2, 0.25) is 0 Å². The molecule has 29 heavy (non-hydrogen) atoms. The molecular weight excluding hydrogens is 354 g/mol. The maximum atomic E-state index is 12.1. The third-order valence-electron chi connectivity index (χ3n) is 6.07. The van der Waals surface area contributed by atoms with Crippen molar-refractivity contribution in [3.05, 3.63) is 0 Å². The van der Waals surface area contributed by atoms with Gasteiger partial charge in [-0.25, -0.2) is 0 Å². The molecule has 0 radical (unpaired) electrons. The van der Waals surface area contributed by atoms with Gasteiger partial charge in [0.15, 0.2) is 0 Å². The topological polar surface area (TPSA) is 20.3 Å². The lowest BCUT2D eigenvalue weighted by molar-refractivity contribution is -0.119. The highest BCUT2D eigenvalue weighted by atomic mass is 16.1. The van der Waals surface area contributed by atoms with E-state index >= 15 is 0 Å². The molecule has 0 bridgehead atoms. The molecule has 0 atom stereocenters. The highest BCUT2D eigenvalue weighted by Crippen LogP contribution is 2.14. The van der Waals surface area contributed by atoms with Crippen molar-refractivity contribution in [2.75, 3.05) is 19.6 Å². The van der Waals surface area contributed by atoms with Gasteiger partial charge in [0.2, 0.25) is 0 Å². The molecule has 0 saturated carbocycles. The van der Waals surface area contributed by atoms with E-state index in [2.05, 4.69) is 25.7 Å². The lowest BCUT2D eigenvalue weighted by atomic mass is 10.0. The number of hydrogen-bond acceptors (Lipinski definition) is 2. The van der Waals surface area contributed by atoms with Gasteiger partial charge in [0.1, 0.15) is 5.78 Å². The van der Waals surface area contributed by atoms with Crippen LogP contribution in [-0.2, 0) is 4.79 Å². The van der Waals surface area contributed by atoms with Gasteiger partial charge in [0.05, 0.1) is 0 Å². The second kappa shape index (κ2) is 23.9. The largest absolute Gasteiger partial charge is 0.303 e. The molecule has 0 aromatic carbocycles. The molecule has 0 aliphatic rings. The number of Topliss-reactive ketones (excluding diaryl/α,β-unsaturated/α-hetero) is 1. The molecule has 174 valence electrons. The van der Waals surface area contributed by atoms with Gasteiger partial charge in [-0.05, 0) is 45.3 Å². The Labute approximate surface area is 184 Å². The predicted octanol–water partition coefficient (Wildman–Crippen LogP) is 8.72. The van der Waals surface area contributed by atoms with Gasteiger partial charge in [-0.15, -0.1) is 0 Å². The van der Waals surface area contributed by atoms with Crippen LogP contribution in [0.4, 0.5) is 0 Å². The monoisotopic (exact) mass is 409 g/mol. The van der Waals surface area contributed by atoms with Crippen LogP contribution in [0.15, 0.2) is 0 Å². The molecule has 0 spiro atoms. The second-order valence-corrected chi connectivity index (χ2v) is 9.18. The average Bonchev–Trinajstić information content (AvgIpc) is 2.71. The molecule has 0 aliphatic carbocycles. The third-order valence-corrected chi connectivity index (χ3v) is 6.07. The number of nitrogens with zero attached hydrogens (tertiary/aromatic N) is 1. The van der Waals surface area contributed by atoms with E-state index in [-0.39, 0.29) is 0 Å². The summed E-state index contributed by atoms with van der Waals surface area (Å²) in [6, 6.07) is 0. The van der Waals surface area contributed by atoms with Crippen molar-refractivity contribution in [2.24, 2.45) is 0 Å².